The van der Waals surface area contributed by atoms with Crippen molar-refractivity contribution >= 4 is 59.8 Å². The molecule has 1 aliphatic rings. The maximum absolute atomic E-state index is 4.38. The van der Waals surface area contributed by atoms with Gasteiger partial charge in [-0.1, -0.05) is 178 Å². The molecule has 0 unspecified atom stereocenters. The Kier molecular flexibility index (Phi) is 7.55. The molecule has 0 N–H and O–H groups in total. The fourth-order valence-electron chi connectivity index (χ4n) is 9.91. The molecule has 9 aromatic carbocycles. The van der Waals surface area contributed by atoms with Gasteiger partial charge in [0.2, 0.25) is 0 Å². The molecule has 0 amide bonds. The summed E-state index contributed by atoms with van der Waals surface area (Å²) in [6, 6.07) is 63.2. The van der Waals surface area contributed by atoms with Crippen molar-refractivity contribution in [2.45, 2.75) is 26.2 Å². The zero-order valence-electron chi connectivity index (χ0n) is 32.4. The van der Waals surface area contributed by atoms with Gasteiger partial charge in [0.1, 0.15) is 0 Å². The van der Waals surface area contributed by atoms with Gasteiger partial charge in [0.05, 0.1) is 0 Å². The van der Waals surface area contributed by atoms with Crippen molar-refractivity contribution in [2.24, 2.45) is 0 Å². The van der Waals surface area contributed by atoms with Crippen LogP contribution in [0.5, 0.6) is 0 Å². The third kappa shape index (κ3) is 5.05. The highest BCUT2D eigenvalue weighted by Crippen LogP contribution is 2.54. The SMILES string of the molecule is C=Cc1c(-c2sc3ccccc3c2C)ccc2c1C(C)(C)c1ccc(-c3ccc(-c4c5ccccc5c(-c5ccc6ccccc6c5)c5ccccc45)cc3)cc1-2. The lowest BCUT2D eigenvalue weighted by atomic mass is 9.78. The van der Waals surface area contributed by atoms with Gasteiger partial charge >= 0.3 is 0 Å². The molecule has 11 rings (SSSR count). The summed E-state index contributed by atoms with van der Waals surface area (Å²) in [7, 11) is 0. The minimum absolute atomic E-state index is 0.154. The molecular formula is C56H40S. The average Bonchev–Trinajstić information content (AvgIpc) is 3.71. The van der Waals surface area contributed by atoms with E-state index in [-0.39, 0.29) is 5.41 Å². The Morgan fingerprint density at radius 3 is 1.68 bits per heavy atom. The smallest absolute Gasteiger partial charge is 0.0390 e. The van der Waals surface area contributed by atoms with Gasteiger partial charge in [0.15, 0.2) is 0 Å². The Labute approximate surface area is 338 Å². The van der Waals surface area contributed by atoms with Crippen LogP contribution in [0.1, 0.15) is 36.1 Å². The molecule has 0 radical (unpaired) electrons. The average molecular weight is 745 g/mol. The predicted octanol–water partition coefficient (Wildman–Crippen LogP) is 16.3. The lowest BCUT2D eigenvalue weighted by Crippen LogP contribution is -2.16. The van der Waals surface area contributed by atoms with E-state index in [1.54, 1.807) is 0 Å². The Hall–Kier alpha value is -6.54. The van der Waals surface area contributed by atoms with E-state index in [1.165, 1.54) is 120 Å². The molecule has 0 spiro atoms. The van der Waals surface area contributed by atoms with Gasteiger partial charge in [0.25, 0.3) is 0 Å². The largest absolute Gasteiger partial charge is 0.135 e. The summed E-state index contributed by atoms with van der Waals surface area (Å²) in [6.45, 7) is 11.4. The lowest BCUT2D eigenvalue weighted by Gasteiger charge is -2.25. The first-order chi connectivity index (χ1) is 27.9. The molecule has 0 saturated heterocycles. The Bertz CT molecular complexity index is 3220. The zero-order chi connectivity index (χ0) is 38.4. The summed E-state index contributed by atoms with van der Waals surface area (Å²) in [4.78, 5) is 1.34. The van der Waals surface area contributed by atoms with Crippen molar-refractivity contribution in [3.05, 3.63) is 199 Å². The van der Waals surface area contributed by atoms with Crippen LogP contribution < -0.4 is 0 Å². The summed E-state index contributed by atoms with van der Waals surface area (Å²) < 4.78 is 1.33. The second-order valence-corrected chi connectivity index (χ2v) is 17.1. The molecular weight excluding hydrogens is 705 g/mol. The van der Waals surface area contributed by atoms with Crippen LogP contribution >= 0.6 is 11.3 Å². The van der Waals surface area contributed by atoms with E-state index in [9.17, 15) is 0 Å². The van der Waals surface area contributed by atoms with Crippen molar-refractivity contribution in [1.29, 1.82) is 0 Å². The summed E-state index contributed by atoms with van der Waals surface area (Å²) in [5, 5.41) is 8.94. The van der Waals surface area contributed by atoms with E-state index in [0.717, 1.165) is 0 Å². The lowest BCUT2D eigenvalue weighted by molar-refractivity contribution is 0.659. The van der Waals surface area contributed by atoms with Crippen LogP contribution in [0.3, 0.4) is 0 Å². The monoisotopic (exact) mass is 744 g/mol. The number of thiophene rings is 1. The predicted molar refractivity (Wildman–Crippen MR) is 248 cm³/mol. The normalized spacial score (nSPS) is 13.0. The Morgan fingerprint density at radius 1 is 0.474 bits per heavy atom. The molecule has 0 bridgehead atoms. The van der Waals surface area contributed by atoms with Crippen LogP contribution in [0.15, 0.2) is 176 Å². The summed E-state index contributed by atoms with van der Waals surface area (Å²) in [5.41, 5.74) is 16.6. The Morgan fingerprint density at radius 2 is 1.02 bits per heavy atom. The van der Waals surface area contributed by atoms with Crippen molar-refractivity contribution in [1.82, 2.24) is 0 Å². The first-order valence-corrected chi connectivity index (χ1v) is 20.7. The molecule has 0 atom stereocenters. The van der Waals surface area contributed by atoms with E-state index in [4.69, 9.17) is 0 Å². The van der Waals surface area contributed by atoms with Gasteiger partial charge in [-0.25, -0.2) is 0 Å². The quantitative estimate of drug-likeness (QED) is 0.154. The molecule has 1 heteroatoms. The topological polar surface area (TPSA) is 0 Å². The van der Waals surface area contributed by atoms with Gasteiger partial charge < -0.3 is 0 Å². The minimum atomic E-state index is -0.154. The molecule has 270 valence electrons. The number of hydrogen-bond acceptors (Lipinski definition) is 1. The molecule has 0 fully saturated rings. The highest BCUT2D eigenvalue weighted by Gasteiger charge is 2.38. The fourth-order valence-corrected chi connectivity index (χ4v) is 11.2. The summed E-state index contributed by atoms with van der Waals surface area (Å²) in [6.07, 6.45) is 2.09. The van der Waals surface area contributed by atoms with Crippen LogP contribution in [0.25, 0.3) is 103 Å². The minimum Gasteiger partial charge on any atom is -0.135 e. The van der Waals surface area contributed by atoms with Crippen LogP contribution in [0.2, 0.25) is 0 Å². The number of hydrogen-bond donors (Lipinski definition) is 0. The standard InChI is InChI=1S/C56H40S/c1-5-41-48(55-34(2)42-16-12-13-21-51(42)57-55)30-29-47-49-33-39(28-31-50(49)56(3,4)54(41)47)36-22-25-37(26-23-36)52-43-17-8-10-19-45(43)53(46-20-11-9-18-44(46)52)40-27-24-35-14-6-7-15-38(35)32-40/h5-33H,1H2,2-4H3. The van der Waals surface area contributed by atoms with Crippen LogP contribution in [-0.2, 0) is 5.41 Å². The highest BCUT2D eigenvalue weighted by atomic mass is 32.1. The van der Waals surface area contributed by atoms with Crippen molar-refractivity contribution < 1.29 is 0 Å². The summed E-state index contributed by atoms with van der Waals surface area (Å²) >= 11 is 1.89. The maximum Gasteiger partial charge on any atom is 0.0390 e. The van der Waals surface area contributed by atoms with E-state index in [2.05, 4.69) is 203 Å². The molecule has 0 saturated carbocycles. The van der Waals surface area contributed by atoms with E-state index >= 15 is 0 Å². The van der Waals surface area contributed by atoms with Gasteiger partial charge in [-0.15, -0.1) is 11.3 Å². The van der Waals surface area contributed by atoms with Crippen molar-refractivity contribution in [3.8, 4) is 54.9 Å². The zero-order valence-corrected chi connectivity index (χ0v) is 33.2. The van der Waals surface area contributed by atoms with Gasteiger partial charge in [-0.05, 0) is 135 Å². The summed E-state index contributed by atoms with van der Waals surface area (Å²) in [5.74, 6) is 0. The number of fused-ring (bicyclic) bond motifs is 7. The van der Waals surface area contributed by atoms with Crippen LogP contribution in [-0.4, -0.2) is 0 Å². The molecule has 1 heterocycles. The third-order valence-corrected chi connectivity index (χ3v) is 13.9. The molecule has 1 aromatic heterocycles. The Balaban J connectivity index is 1.01. The highest BCUT2D eigenvalue weighted by molar-refractivity contribution is 7.22. The third-order valence-electron chi connectivity index (χ3n) is 12.6. The van der Waals surface area contributed by atoms with Crippen molar-refractivity contribution in [2.75, 3.05) is 0 Å². The van der Waals surface area contributed by atoms with E-state index in [1.807, 2.05) is 11.3 Å². The van der Waals surface area contributed by atoms with E-state index < -0.39 is 0 Å². The first kappa shape index (κ1) is 33.8. The molecule has 1 aliphatic carbocycles. The number of benzene rings is 9. The second-order valence-electron chi connectivity index (χ2n) is 16.1. The molecule has 10 aromatic rings. The fraction of sp³-hybridized carbons (Fsp3) is 0.0714. The maximum atomic E-state index is 4.38. The van der Waals surface area contributed by atoms with Crippen molar-refractivity contribution in [3.63, 3.8) is 0 Å². The molecule has 0 aliphatic heterocycles. The second kappa shape index (κ2) is 12.7. The van der Waals surface area contributed by atoms with Gasteiger partial charge in [-0.2, -0.15) is 0 Å². The van der Waals surface area contributed by atoms with Crippen LogP contribution in [0, 0.1) is 6.92 Å². The number of aryl methyl sites for hydroxylation is 1. The number of rotatable bonds is 5. The van der Waals surface area contributed by atoms with Gasteiger partial charge in [-0.3, -0.25) is 0 Å². The molecule has 57 heavy (non-hydrogen) atoms. The van der Waals surface area contributed by atoms with Crippen LogP contribution in [0.4, 0.5) is 0 Å². The first-order valence-electron chi connectivity index (χ1n) is 19.9. The van der Waals surface area contributed by atoms with Gasteiger partial charge in [0, 0.05) is 15.0 Å². The molecule has 0 nitrogen and oxygen atoms in total. The van der Waals surface area contributed by atoms with E-state index in [0.29, 0.717) is 0 Å².